The zero-order valence-corrected chi connectivity index (χ0v) is 14.8. The Bertz CT molecular complexity index is 564. The molecular formula is C18H28N2O4. The van der Waals surface area contributed by atoms with Gasteiger partial charge in [0, 0.05) is 31.1 Å². The van der Waals surface area contributed by atoms with Gasteiger partial charge in [0.1, 0.15) is 11.4 Å². The zero-order chi connectivity index (χ0) is 17.2. The van der Waals surface area contributed by atoms with E-state index >= 15 is 0 Å². The molecule has 1 aliphatic carbocycles. The van der Waals surface area contributed by atoms with Crippen molar-refractivity contribution in [2.24, 2.45) is 0 Å². The van der Waals surface area contributed by atoms with Crippen LogP contribution < -0.4 is 5.32 Å². The number of morpholine rings is 1. The lowest BCUT2D eigenvalue weighted by molar-refractivity contribution is -0.0323. The molecule has 3 rings (SSSR count). The number of amides is 1. The van der Waals surface area contributed by atoms with Crippen molar-refractivity contribution in [1.82, 2.24) is 10.2 Å². The fourth-order valence-corrected chi connectivity index (χ4v) is 3.36. The first kappa shape index (κ1) is 17.3. The Labute approximate surface area is 143 Å². The van der Waals surface area contributed by atoms with Gasteiger partial charge in [0.25, 0.3) is 0 Å². The maximum absolute atomic E-state index is 12.4. The van der Waals surface area contributed by atoms with Crippen LogP contribution in [-0.4, -0.2) is 48.9 Å². The van der Waals surface area contributed by atoms with Crippen LogP contribution >= 0.6 is 0 Å². The minimum absolute atomic E-state index is 0.00845. The molecule has 1 N–H and O–H groups in total. The summed E-state index contributed by atoms with van der Waals surface area (Å²) in [7, 11) is 0. The molecule has 1 amide bonds. The van der Waals surface area contributed by atoms with Crippen LogP contribution in [0.15, 0.2) is 16.7 Å². The lowest BCUT2D eigenvalue weighted by Gasteiger charge is -2.37. The molecule has 0 bridgehead atoms. The second-order valence-corrected chi connectivity index (χ2v) is 7.55. The number of furan rings is 1. The molecule has 6 heteroatoms. The number of hydrogen-bond acceptors (Lipinski definition) is 5. The van der Waals surface area contributed by atoms with Crippen molar-refractivity contribution in [3.8, 4) is 0 Å². The van der Waals surface area contributed by atoms with E-state index in [1.807, 2.05) is 20.8 Å². The van der Waals surface area contributed by atoms with E-state index in [-0.39, 0.29) is 18.2 Å². The topological polar surface area (TPSA) is 63.9 Å². The van der Waals surface area contributed by atoms with Crippen LogP contribution in [0.3, 0.4) is 0 Å². The standard InChI is InChI=1S/C18H28N2O4/c1-18(2,3)24-17(21)20-8-10-22-12-13(20)11-19-15-5-4-6-16-14(15)7-9-23-16/h7,9,13,15,19H,4-6,8,10-12H2,1-3H3. The summed E-state index contributed by atoms with van der Waals surface area (Å²) in [6.07, 6.45) is 4.73. The van der Waals surface area contributed by atoms with E-state index < -0.39 is 5.60 Å². The maximum atomic E-state index is 12.4. The molecule has 2 aliphatic rings. The van der Waals surface area contributed by atoms with E-state index in [1.54, 1.807) is 11.2 Å². The highest BCUT2D eigenvalue weighted by Crippen LogP contribution is 2.30. The fraction of sp³-hybridized carbons (Fsp3) is 0.722. The van der Waals surface area contributed by atoms with Gasteiger partial charge >= 0.3 is 6.09 Å². The molecule has 0 radical (unpaired) electrons. The van der Waals surface area contributed by atoms with Crippen molar-refractivity contribution < 1.29 is 18.7 Å². The SMILES string of the molecule is CC(C)(C)OC(=O)N1CCOCC1CNC1CCCc2occc21. The predicted molar refractivity (Wildman–Crippen MR) is 89.9 cm³/mol. The Kier molecular flexibility index (Phi) is 5.15. The summed E-state index contributed by atoms with van der Waals surface area (Å²) in [6, 6.07) is 2.33. The van der Waals surface area contributed by atoms with Crippen LogP contribution in [0.2, 0.25) is 0 Å². The Morgan fingerprint density at radius 2 is 2.29 bits per heavy atom. The van der Waals surface area contributed by atoms with Gasteiger partial charge in [-0.25, -0.2) is 4.79 Å². The minimum atomic E-state index is -0.484. The number of hydrogen-bond donors (Lipinski definition) is 1. The smallest absolute Gasteiger partial charge is 0.410 e. The van der Waals surface area contributed by atoms with Crippen LogP contribution in [0.25, 0.3) is 0 Å². The minimum Gasteiger partial charge on any atom is -0.469 e. The van der Waals surface area contributed by atoms with Gasteiger partial charge in [-0.3, -0.25) is 4.90 Å². The van der Waals surface area contributed by atoms with Gasteiger partial charge in [0.05, 0.1) is 25.5 Å². The highest BCUT2D eigenvalue weighted by atomic mass is 16.6. The van der Waals surface area contributed by atoms with E-state index in [4.69, 9.17) is 13.9 Å². The average molecular weight is 336 g/mol. The van der Waals surface area contributed by atoms with Crippen molar-refractivity contribution in [3.05, 3.63) is 23.7 Å². The third-order valence-corrected chi connectivity index (χ3v) is 4.51. The third-order valence-electron chi connectivity index (χ3n) is 4.51. The summed E-state index contributed by atoms with van der Waals surface area (Å²) in [5.74, 6) is 1.09. The molecule has 2 heterocycles. The van der Waals surface area contributed by atoms with Gasteiger partial charge in [-0.1, -0.05) is 0 Å². The number of carbonyl (C=O) groups excluding carboxylic acids is 1. The Morgan fingerprint density at radius 3 is 3.08 bits per heavy atom. The second-order valence-electron chi connectivity index (χ2n) is 7.55. The summed E-state index contributed by atoms with van der Waals surface area (Å²) in [5.41, 5.74) is 0.768. The van der Waals surface area contributed by atoms with Crippen LogP contribution in [0.4, 0.5) is 4.79 Å². The predicted octanol–water partition coefficient (Wildman–Crippen LogP) is 2.88. The van der Waals surface area contributed by atoms with Gasteiger partial charge in [-0.05, 0) is 39.7 Å². The summed E-state index contributed by atoms with van der Waals surface area (Å²) in [4.78, 5) is 14.2. The second kappa shape index (κ2) is 7.15. The summed E-state index contributed by atoms with van der Waals surface area (Å²) in [6.45, 7) is 8.03. The molecule has 0 spiro atoms. The molecule has 134 valence electrons. The molecule has 0 saturated carbocycles. The lowest BCUT2D eigenvalue weighted by Crippen LogP contribution is -2.54. The normalized spacial score (nSPS) is 24.5. The first-order chi connectivity index (χ1) is 11.4. The van der Waals surface area contributed by atoms with Gasteiger partial charge < -0.3 is 19.2 Å². The third kappa shape index (κ3) is 4.11. The van der Waals surface area contributed by atoms with Gasteiger partial charge in [0.2, 0.25) is 0 Å². The largest absolute Gasteiger partial charge is 0.469 e. The molecule has 6 nitrogen and oxygen atoms in total. The van der Waals surface area contributed by atoms with Crippen molar-refractivity contribution >= 4 is 6.09 Å². The van der Waals surface area contributed by atoms with Crippen LogP contribution in [-0.2, 0) is 15.9 Å². The number of nitrogens with one attached hydrogen (secondary N) is 1. The van der Waals surface area contributed by atoms with E-state index in [0.717, 1.165) is 25.0 Å². The molecule has 1 aromatic heterocycles. The maximum Gasteiger partial charge on any atom is 0.410 e. The molecule has 0 aromatic carbocycles. The molecule has 2 atom stereocenters. The molecule has 1 aromatic rings. The van der Waals surface area contributed by atoms with Crippen LogP contribution in [0.5, 0.6) is 0 Å². The average Bonchev–Trinajstić information content (AvgIpc) is 3.00. The Balaban J connectivity index is 1.60. The number of nitrogens with zero attached hydrogens (tertiary/aromatic N) is 1. The quantitative estimate of drug-likeness (QED) is 0.919. The number of fused-ring (bicyclic) bond motifs is 1. The molecule has 1 aliphatic heterocycles. The first-order valence-electron chi connectivity index (χ1n) is 8.81. The van der Waals surface area contributed by atoms with Crippen LogP contribution in [0, 0.1) is 0 Å². The Hall–Kier alpha value is -1.53. The van der Waals surface area contributed by atoms with E-state index in [0.29, 0.717) is 26.3 Å². The van der Waals surface area contributed by atoms with Gasteiger partial charge in [-0.15, -0.1) is 0 Å². The van der Waals surface area contributed by atoms with Gasteiger partial charge in [-0.2, -0.15) is 0 Å². The fourth-order valence-electron chi connectivity index (χ4n) is 3.36. The summed E-state index contributed by atoms with van der Waals surface area (Å²) in [5, 5.41) is 3.59. The molecule has 1 fully saturated rings. The number of aryl methyl sites for hydroxylation is 1. The monoisotopic (exact) mass is 336 g/mol. The number of carbonyl (C=O) groups is 1. The number of rotatable bonds is 3. The highest BCUT2D eigenvalue weighted by molar-refractivity contribution is 5.68. The molecular weight excluding hydrogens is 308 g/mol. The van der Waals surface area contributed by atoms with Crippen molar-refractivity contribution in [2.75, 3.05) is 26.3 Å². The summed E-state index contributed by atoms with van der Waals surface area (Å²) >= 11 is 0. The van der Waals surface area contributed by atoms with Crippen LogP contribution in [0.1, 0.15) is 51.0 Å². The van der Waals surface area contributed by atoms with E-state index in [9.17, 15) is 4.79 Å². The zero-order valence-electron chi connectivity index (χ0n) is 14.8. The van der Waals surface area contributed by atoms with Crippen molar-refractivity contribution in [2.45, 2.75) is 57.7 Å². The summed E-state index contributed by atoms with van der Waals surface area (Å²) < 4.78 is 16.7. The molecule has 24 heavy (non-hydrogen) atoms. The number of ether oxygens (including phenoxy) is 2. The highest BCUT2D eigenvalue weighted by Gasteiger charge is 2.32. The molecule has 2 unspecified atom stereocenters. The van der Waals surface area contributed by atoms with E-state index in [1.165, 1.54) is 5.56 Å². The van der Waals surface area contributed by atoms with E-state index in [2.05, 4.69) is 11.4 Å². The van der Waals surface area contributed by atoms with Gasteiger partial charge in [0.15, 0.2) is 0 Å². The molecule has 1 saturated heterocycles. The van der Waals surface area contributed by atoms with Crippen molar-refractivity contribution in [3.63, 3.8) is 0 Å². The Morgan fingerprint density at radius 1 is 1.46 bits per heavy atom. The lowest BCUT2D eigenvalue weighted by atomic mass is 9.93. The van der Waals surface area contributed by atoms with Crippen molar-refractivity contribution in [1.29, 1.82) is 0 Å². The first-order valence-corrected chi connectivity index (χ1v) is 8.81.